The summed E-state index contributed by atoms with van der Waals surface area (Å²) in [7, 11) is 0. The number of hydrogen-bond donors (Lipinski definition) is 0. The molecule has 2 heterocycles. The summed E-state index contributed by atoms with van der Waals surface area (Å²) < 4.78 is 1.36. The zero-order valence-electron chi connectivity index (χ0n) is 8.60. The lowest BCUT2D eigenvalue weighted by Gasteiger charge is -2.02. The maximum atomic E-state index is 11.7. The van der Waals surface area contributed by atoms with Crippen molar-refractivity contribution in [1.29, 1.82) is 0 Å². The van der Waals surface area contributed by atoms with E-state index in [0.717, 1.165) is 0 Å². The summed E-state index contributed by atoms with van der Waals surface area (Å²) in [4.78, 5) is 26.1. The Hall–Kier alpha value is -2.41. The topological polar surface area (TPSA) is 42.9 Å². The Bertz CT molecular complexity index is 677. The highest BCUT2D eigenvalue weighted by Gasteiger charge is 2.04. The van der Waals surface area contributed by atoms with Crippen LogP contribution in [-0.2, 0) is 0 Å². The molecule has 0 saturated heterocycles. The van der Waals surface area contributed by atoms with E-state index in [9.17, 15) is 9.59 Å². The number of aromatic nitrogens is 1. The van der Waals surface area contributed by atoms with Gasteiger partial charge >= 0.3 is 0 Å². The average molecular weight is 212 g/mol. The monoisotopic (exact) mass is 212 g/mol. The minimum absolute atomic E-state index is 0.145. The Morgan fingerprint density at radius 3 is 2.75 bits per heavy atom. The third-order valence-corrected chi connectivity index (χ3v) is 2.32. The Morgan fingerprint density at radius 1 is 1.38 bits per heavy atom. The minimum atomic E-state index is -0.298. The summed E-state index contributed by atoms with van der Waals surface area (Å²) in [6, 6.07) is 6.19. The Kier molecular flexibility index (Phi) is 2.29. The number of Topliss-reactive ketones (excluding diaryl/α,β-unsaturated/α-hetero) is 1. The predicted octanol–water partition coefficient (Wildman–Crippen LogP) is 2.05. The van der Waals surface area contributed by atoms with E-state index in [1.807, 2.05) is 0 Å². The van der Waals surface area contributed by atoms with E-state index in [-0.39, 0.29) is 11.3 Å². The van der Waals surface area contributed by atoms with Crippen LogP contribution in [0, 0.1) is 6.57 Å². The van der Waals surface area contributed by atoms with Crippen molar-refractivity contribution < 1.29 is 4.79 Å². The van der Waals surface area contributed by atoms with E-state index in [2.05, 4.69) is 4.85 Å². The molecule has 0 fully saturated rings. The predicted molar refractivity (Wildman–Crippen MR) is 59.9 cm³/mol. The number of fused-ring (bicyclic) bond motifs is 1. The lowest BCUT2D eigenvalue weighted by molar-refractivity contribution is 0.101. The fraction of sp³-hybridized carbons (Fsp3) is 0.0833. The van der Waals surface area contributed by atoms with Crippen molar-refractivity contribution in [2.24, 2.45) is 0 Å². The van der Waals surface area contributed by atoms with Gasteiger partial charge in [0.2, 0.25) is 5.69 Å². The zero-order valence-corrected chi connectivity index (χ0v) is 8.60. The molecule has 0 bridgehead atoms. The first-order chi connectivity index (χ1) is 7.61. The van der Waals surface area contributed by atoms with Crippen LogP contribution in [0.1, 0.15) is 17.3 Å². The van der Waals surface area contributed by atoms with Gasteiger partial charge in [0.1, 0.15) is 0 Å². The van der Waals surface area contributed by atoms with E-state index in [4.69, 9.17) is 6.57 Å². The number of ketones is 1. The van der Waals surface area contributed by atoms with E-state index in [1.54, 1.807) is 18.2 Å². The molecule has 2 rings (SSSR count). The average Bonchev–Trinajstić information content (AvgIpc) is 2.28. The first kappa shape index (κ1) is 10.1. The molecule has 0 amide bonds. The second-order valence-corrected chi connectivity index (χ2v) is 3.43. The Morgan fingerprint density at radius 2 is 2.12 bits per heavy atom. The van der Waals surface area contributed by atoms with Gasteiger partial charge in [0.15, 0.2) is 5.78 Å². The molecule has 16 heavy (non-hydrogen) atoms. The molecule has 2 aromatic heterocycles. The van der Waals surface area contributed by atoms with Gasteiger partial charge in [0.05, 0.1) is 6.57 Å². The van der Waals surface area contributed by atoms with Gasteiger partial charge in [-0.1, -0.05) is 6.07 Å². The van der Waals surface area contributed by atoms with Gasteiger partial charge in [-0.25, -0.2) is 4.85 Å². The summed E-state index contributed by atoms with van der Waals surface area (Å²) in [6.45, 7) is 8.27. The number of hydrogen-bond acceptors (Lipinski definition) is 2. The van der Waals surface area contributed by atoms with Crippen LogP contribution in [0.15, 0.2) is 35.3 Å². The smallest absolute Gasteiger partial charge is 0.254 e. The first-order valence-corrected chi connectivity index (χ1v) is 4.66. The third kappa shape index (κ3) is 1.59. The molecule has 0 spiro atoms. The summed E-state index contributed by atoms with van der Waals surface area (Å²) in [5.41, 5.74) is 1.10. The van der Waals surface area contributed by atoms with Crippen LogP contribution in [0.3, 0.4) is 0 Å². The molecule has 78 valence electrons. The molecule has 0 aliphatic heterocycles. The van der Waals surface area contributed by atoms with Crippen LogP contribution >= 0.6 is 0 Å². The van der Waals surface area contributed by atoms with Gasteiger partial charge in [-0.3, -0.25) is 14.0 Å². The van der Waals surface area contributed by atoms with E-state index in [1.165, 1.54) is 23.6 Å². The number of carbonyl (C=O) groups excluding carboxylic acids is 1. The quantitative estimate of drug-likeness (QED) is 0.536. The summed E-state index contributed by atoms with van der Waals surface area (Å²) >= 11 is 0. The fourth-order valence-electron chi connectivity index (χ4n) is 1.48. The van der Waals surface area contributed by atoms with Crippen LogP contribution in [0.25, 0.3) is 10.4 Å². The normalized spacial score (nSPS) is 10.0. The largest absolute Gasteiger partial charge is 0.295 e. The van der Waals surface area contributed by atoms with Gasteiger partial charge in [-0.15, -0.1) is 0 Å². The highest BCUT2D eigenvalue weighted by Crippen LogP contribution is 2.13. The molecule has 2 aromatic rings. The Labute approximate surface area is 91.6 Å². The maximum absolute atomic E-state index is 11.7. The van der Waals surface area contributed by atoms with Crippen LogP contribution in [0.5, 0.6) is 0 Å². The number of pyridine rings is 2. The van der Waals surface area contributed by atoms with E-state index < -0.39 is 0 Å². The van der Waals surface area contributed by atoms with Crippen LogP contribution < -0.4 is 5.56 Å². The molecule has 0 radical (unpaired) electrons. The molecule has 0 aliphatic rings. The summed E-state index contributed by atoms with van der Waals surface area (Å²) in [6.07, 6.45) is 1.47. The van der Waals surface area contributed by atoms with Crippen molar-refractivity contribution in [1.82, 2.24) is 4.40 Å². The number of nitrogens with zero attached hydrogens (tertiary/aromatic N) is 2. The maximum Gasteiger partial charge on any atom is 0.254 e. The minimum Gasteiger partial charge on any atom is -0.295 e. The second kappa shape index (κ2) is 3.63. The second-order valence-electron chi connectivity index (χ2n) is 3.43. The third-order valence-electron chi connectivity index (χ3n) is 2.32. The van der Waals surface area contributed by atoms with Crippen LogP contribution in [-0.4, -0.2) is 10.2 Å². The molecule has 0 aromatic carbocycles. The van der Waals surface area contributed by atoms with Gasteiger partial charge in [-0.05, 0) is 19.1 Å². The number of rotatable bonds is 1. The standard InChI is InChI=1S/C12H8N2O2/c1-8(15)9-5-11-4-3-10(13-2)7-14(11)12(16)6-9/h3-7H,1H3. The van der Waals surface area contributed by atoms with Crippen molar-refractivity contribution >= 4 is 17.0 Å². The molecule has 0 atom stereocenters. The van der Waals surface area contributed by atoms with E-state index in [0.29, 0.717) is 16.8 Å². The molecule has 0 N–H and O–H groups in total. The van der Waals surface area contributed by atoms with Crippen molar-refractivity contribution in [2.45, 2.75) is 6.92 Å². The molecule has 4 nitrogen and oxygen atoms in total. The van der Waals surface area contributed by atoms with Crippen molar-refractivity contribution in [2.75, 3.05) is 0 Å². The lowest BCUT2D eigenvalue weighted by atomic mass is 10.1. The fourth-order valence-corrected chi connectivity index (χ4v) is 1.48. The van der Waals surface area contributed by atoms with Crippen molar-refractivity contribution in [3.63, 3.8) is 0 Å². The van der Waals surface area contributed by atoms with Gasteiger partial charge in [0, 0.05) is 23.3 Å². The first-order valence-electron chi connectivity index (χ1n) is 4.66. The molecule has 0 unspecified atom stereocenters. The molecular weight excluding hydrogens is 204 g/mol. The van der Waals surface area contributed by atoms with Crippen molar-refractivity contribution in [3.05, 3.63) is 57.8 Å². The van der Waals surface area contributed by atoms with Gasteiger partial charge in [-0.2, -0.15) is 0 Å². The molecular formula is C12H8N2O2. The van der Waals surface area contributed by atoms with E-state index >= 15 is 0 Å². The highest BCUT2D eigenvalue weighted by molar-refractivity contribution is 5.95. The highest BCUT2D eigenvalue weighted by atomic mass is 16.1. The Balaban J connectivity index is 2.83. The van der Waals surface area contributed by atoms with Crippen LogP contribution in [0.2, 0.25) is 0 Å². The SMILES string of the molecule is [C-]#[N+]c1ccc2cc(C(C)=O)cc(=O)n2c1. The summed E-state index contributed by atoms with van der Waals surface area (Å²) in [5, 5.41) is 0. The summed E-state index contributed by atoms with van der Waals surface area (Å²) in [5.74, 6) is -0.145. The van der Waals surface area contributed by atoms with Gasteiger partial charge in [0.25, 0.3) is 5.56 Å². The molecule has 4 heteroatoms. The lowest BCUT2D eigenvalue weighted by Crippen LogP contribution is -2.14. The molecule has 0 saturated carbocycles. The van der Waals surface area contributed by atoms with Crippen molar-refractivity contribution in [3.8, 4) is 0 Å². The zero-order chi connectivity index (χ0) is 11.7. The van der Waals surface area contributed by atoms with Gasteiger partial charge < -0.3 is 0 Å². The van der Waals surface area contributed by atoms with Crippen LogP contribution in [0.4, 0.5) is 5.69 Å². The molecule has 0 aliphatic carbocycles. The number of carbonyl (C=O) groups is 1.